The molecule has 0 heterocycles. The first-order valence-corrected chi connectivity index (χ1v) is 5.82. The van der Waals surface area contributed by atoms with E-state index < -0.39 is 5.97 Å². The number of aromatic carboxylic acids is 1. The number of rotatable bonds is 3. The number of carbonyl (C=O) groups is 1. The average Bonchev–Trinajstić information content (AvgIpc) is 2.38. The third-order valence-corrected chi connectivity index (χ3v) is 3.02. The van der Waals surface area contributed by atoms with Crippen molar-refractivity contribution in [1.82, 2.24) is 0 Å². The number of hydrogen-bond acceptors (Lipinski definition) is 2. The van der Waals surface area contributed by atoms with Crippen LogP contribution in [-0.2, 0) is 0 Å². The molecule has 0 unspecified atom stereocenters. The molecule has 0 bridgehead atoms. The van der Waals surface area contributed by atoms with Gasteiger partial charge in [-0.25, -0.2) is 9.18 Å². The molecule has 4 heteroatoms. The van der Waals surface area contributed by atoms with Gasteiger partial charge in [0.1, 0.15) is 5.82 Å². The highest BCUT2D eigenvalue weighted by atomic mass is 19.1. The standard InChI is InChI=1S/C15H14FNO2/c1-10-9-11(15(18)19)3-8-14(10)17(2)13-6-4-12(16)5-7-13/h3-9H,1-2H3,(H,18,19). The molecular weight excluding hydrogens is 245 g/mol. The zero-order chi connectivity index (χ0) is 14.0. The predicted octanol–water partition coefficient (Wildman–Crippen LogP) is 3.60. The van der Waals surface area contributed by atoms with Gasteiger partial charge in [-0.2, -0.15) is 0 Å². The lowest BCUT2D eigenvalue weighted by Gasteiger charge is -2.21. The Bertz CT molecular complexity index is 608. The van der Waals surface area contributed by atoms with Gasteiger partial charge < -0.3 is 10.0 Å². The van der Waals surface area contributed by atoms with E-state index in [1.165, 1.54) is 12.1 Å². The Labute approximate surface area is 110 Å². The molecule has 1 N–H and O–H groups in total. The summed E-state index contributed by atoms with van der Waals surface area (Å²) in [5.74, 6) is -1.23. The number of hydrogen-bond donors (Lipinski definition) is 1. The van der Waals surface area contributed by atoms with Crippen molar-refractivity contribution in [2.45, 2.75) is 6.92 Å². The van der Waals surface area contributed by atoms with E-state index in [1.807, 2.05) is 18.9 Å². The maximum Gasteiger partial charge on any atom is 0.335 e. The van der Waals surface area contributed by atoms with Crippen LogP contribution in [-0.4, -0.2) is 18.1 Å². The number of aryl methyl sites for hydroxylation is 1. The molecule has 0 fully saturated rings. The zero-order valence-electron chi connectivity index (χ0n) is 10.7. The van der Waals surface area contributed by atoms with Crippen LogP contribution in [0.25, 0.3) is 0 Å². The Kier molecular flexibility index (Phi) is 3.51. The molecule has 98 valence electrons. The van der Waals surface area contributed by atoms with Gasteiger partial charge >= 0.3 is 5.97 Å². The summed E-state index contributed by atoms with van der Waals surface area (Å²) in [6.45, 7) is 1.85. The van der Waals surface area contributed by atoms with Crippen molar-refractivity contribution in [2.24, 2.45) is 0 Å². The number of benzene rings is 2. The summed E-state index contributed by atoms with van der Waals surface area (Å²) in [6, 6.07) is 11.1. The topological polar surface area (TPSA) is 40.5 Å². The lowest BCUT2D eigenvalue weighted by Crippen LogP contribution is -2.11. The molecule has 19 heavy (non-hydrogen) atoms. The van der Waals surface area contributed by atoms with Crippen molar-refractivity contribution in [3.8, 4) is 0 Å². The molecule has 0 aliphatic carbocycles. The normalized spacial score (nSPS) is 10.3. The largest absolute Gasteiger partial charge is 0.478 e. The van der Waals surface area contributed by atoms with Crippen LogP contribution in [0.3, 0.4) is 0 Å². The summed E-state index contributed by atoms with van der Waals surface area (Å²) in [4.78, 5) is 12.8. The van der Waals surface area contributed by atoms with Crippen LogP contribution in [0.15, 0.2) is 42.5 Å². The van der Waals surface area contributed by atoms with Crippen LogP contribution in [0.4, 0.5) is 15.8 Å². The van der Waals surface area contributed by atoms with Gasteiger partial charge in [0.25, 0.3) is 0 Å². The fraction of sp³-hybridized carbons (Fsp3) is 0.133. The number of halogens is 1. The fourth-order valence-electron chi connectivity index (χ4n) is 1.97. The molecule has 0 saturated heterocycles. The van der Waals surface area contributed by atoms with E-state index >= 15 is 0 Å². The Hall–Kier alpha value is -2.36. The van der Waals surface area contributed by atoms with Crippen molar-refractivity contribution < 1.29 is 14.3 Å². The van der Waals surface area contributed by atoms with Gasteiger partial charge in [0.15, 0.2) is 0 Å². The second-order valence-corrected chi connectivity index (χ2v) is 4.34. The third-order valence-electron chi connectivity index (χ3n) is 3.02. The fourth-order valence-corrected chi connectivity index (χ4v) is 1.97. The van der Waals surface area contributed by atoms with Crippen molar-refractivity contribution >= 4 is 17.3 Å². The Morgan fingerprint density at radius 2 is 1.79 bits per heavy atom. The van der Waals surface area contributed by atoms with Crippen LogP contribution >= 0.6 is 0 Å². The minimum absolute atomic E-state index is 0.258. The van der Waals surface area contributed by atoms with Crippen LogP contribution in [0, 0.1) is 12.7 Å². The van der Waals surface area contributed by atoms with Crippen LogP contribution in [0.2, 0.25) is 0 Å². The van der Waals surface area contributed by atoms with E-state index in [9.17, 15) is 9.18 Å². The predicted molar refractivity (Wildman–Crippen MR) is 72.6 cm³/mol. The van der Waals surface area contributed by atoms with Gasteiger partial charge in [0, 0.05) is 18.4 Å². The van der Waals surface area contributed by atoms with Gasteiger partial charge in [-0.3, -0.25) is 0 Å². The monoisotopic (exact) mass is 259 g/mol. The molecule has 2 rings (SSSR count). The summed E-state index contributed by atoms with van der Waals surface area (Å²) >= 11 is 0. The van der Waals surface area contributed by atoms with E-state index in [4.69, 9.17) is 5.11 Å². The van der Waals surface area contributed by atoms with Crippen molar-refractivity contribution in [3.63, 3.8) is 0 Å². The molecule has 0 radical (unpaired) electrons. The SMILES string of the molecule is Cc1cc(C(=O)O)ccc1N(C)c1ccc(F)cc1. The quantitative estimate of drug-likeness (QED) is 0.915. The van der Waals surface area contributed by atoms with Crippen LogP contribution in [0.1, 0.15) is 15.9 Å². The van der Waals surface area contributed by atoms with Crippen molar-refractivity contribution in [1.29, 1.82) is 0 Å². The van der Waals surface area contributed by atoms with E-state index in [0.717, 1.165) is 16.9 Å². The smallest absolute Gasteiger partial charge is 0.335 e. The molecule has 0 atom stereocenters. The minimum atomic E-state index is -0.945. The molecule has 0 aliphatic heterocycles. The highest BCUT2D eigenvalue weighted by Gasteiger charge is 2.10. The Balaban J connectivity index is 2.36. The maximum atomic E-state index is 12.9. The second kappa shape index (κ2) is 5.10. The molecule has 2 aromatic rings. The second-order valence-electron chi connectivity index (χ2n) is 4.34. The minimum Gasteiger partial charge on any atom is -0.478 e. The summed E-state index contributed by atoms with van der Waals surface area (Å²) in [5, 5.41) is 8.93. The summed E-state index contributed by atoms with van der Waals surface area (Å²) < 4.78 is 12.9. The van der Waals surface area contributed by atoms with E-state index in [-0.39, 0.29) is 11.4 Å². The first-order chi connectivity index (χ1) is 8.99. The number of carboxylic acid groups (broad SMARTS) is 1. The van der Waals surface area contributed by atoms with Gasteiger partial charge in [0.2, 0.25) is 0 Å². The molecular formula is C15H14FNO2. The van der Waals surface area contributed by atoms with Crippen LogP contribution in [0.5, 0.6) is 0 Å². The maximum absolute atomic E-state index is 12.9. The molecule has 0 spiro atoms. The summed E-state index contributed by atoms with van der Waals surface area (Å²) in [7, 11) is 1.86. The van der Waals surface area contributed by atoms with Gasteiger partial charge in [-0.15, -0.1) is 0 Å². The highest BCUT2D eigenvalue weighted by molar-refractivity contribution is 5.88. The molecule has 3 nitrogen and oxygen atoms in total. The van der Waals surface area contributed by atoms with E-state index in [2.05, 4.69) is 0 Å². The zero-order valence-corrected chi connectivity index (χ0v) is 10.7. The molecule has 0 saturated carbocycles. The molecule has 0 aromatic heterocycles. The highest BCUT2D eigenvalue weighted by Crippen LogP contribution is 2.27. The molecule has 0 amide bonds. The summed E-state index contributed by atoms with van der Waals surface area (Å²) in [6.07, 6.45) is 0. The number of nitrogens with zero attached hydrogens (tertiary/aromatic N) is 1. The van der Waals surface area contributed by atoms with Crippen molar-refractivity contribution in [2.75, 3.05) is 11.9 Å². The van der Waals surface area contributed by atoms with Gasteiger partial charge in [-0.1, -0.05) is 0 Å². The van der Waals surface area contributed by atoms with E-state index in [1.54, 1.807) is 30.3 Å². The lowest BCUT2D eigenvalue weighted by molar-refractivity contribution is 0.0697. The van der Waals surface area contributed by atoms with Gasteiger partial charge in [0.05, 0.1) is 5.56 Å². The van der Waals surface area contributed by atoms with Gasteiger partial charge in [-0.05, 0) is 55.0 Å². The molecule has 0 aliphatic rings. The van der Waals surface area contributed by atoms with E-state index in [0.29, 0.717) is 0 Å². The lowest BCUT2D eigenvalue weighted by atomic mass is 10.1. The summed E-state index contributed by atoms with van der Waals surface area (Å²) in [5.41, 5.74) is 2.84. The molecule has 2 aromatic carbocycles. The Morgan fingerprint density at radius 1 is 1.16 bits per heavy atom. The van der Waals surface area contributed by atoms with Crippen molar-refractivity contribution in [3.05, 3.63) is 59.4 Å². The van der Waals surface area contributed by atoms with Crippen LogP contribution < -0.4 is 4.90 Å². The Morgan fingerprint density at radius 3 is 2.32 bits per heavy atom. The first-order valence-electron chi connectivity index (χ1n) is 5.82. The third kappa shape index (κ3) is 2.73. The number of carboxylic acids is 1. The average molecular weight is 259 g/mol. The number of anilines is 2. The first kappa shape index (κ1) is 13.1.